The Morgan fingerprint density at radius 1 is 1.21 bits per heavy atom. The van der Waals surface area contributed by atoms with E-state index in [1.165, 1.54) is 4.70 Å². The second-order valence-corrected chi connectivity index (χ2v) is 5.62. The van der Waals surface area contributed by atoms with E-state index in [0.29, 0.717) is 12.2 Å². The van der Waals surface area contributed by atoms with Crippen LogP contribution >= 0.6 is 11.3 Å². The van der Waals surface area contributed by atoms with Crippen molar-refractivity contribution in [2.75, 3.05) is 0 Å². The fourth-order valence-corrected chi connectivity index (χ4v) is 2.91. The molecule has 0 fully saturated rings. The molecular weight excluding hydrogens is 256 g/mol. The van der Waals surface area contributed by atoms with Crippen LogP contribution in [0.15, 0.2) is 36.7 Å². The molecule has 0 aliphatic heterocycles. The Morgan fingerprint density at radius 2 is 1.95 bits per heavy atom. The van der Waals surface area contributed by atoms with Gasteiger partial charge in [-0.3, -0.25) is 0 Å². The van der Waals surface area contributed by atoms with Crippen molar-refractivity contribution < 1.29 is 0 Å². The largest absolute Gasteiger partial charge is 0.321 e. The summed E-state index contributed by atoms with van der Waals surface area (Å²) in [6, 6.07) is 7.90. The average molecular weight is 270 g/mol. The highest BCUT2D eigenvalue weighted by Crippen LogP contribution is 2.24. The molecule has 0 saturated carbocycles. The van der Waals surface area contributed by atoms with E-state index in [9.17, 15) is 0 Å². The number of aromatic nitrogens is 3. The Morgan fingerprint density at radius 3 is 2.68 bits per heavy atom. The summed E-state index contributed by atoms with van der Waals surface area (Å²) in [5, 5.41) is 1.03. The van der Waals surface area contributed by atoms with E-state index in [4.69, 9.17) is 5.73 Å². The van der Waals surface area contributed by atoms with Crippen LogP contribution < -0.4 is 5.73 Å². The SMILES string of the molecule is Cc1cnc(C(N)Cc2nc3ccccc3s2)nc1. The Bertz CT molecular complexity index is 657. The lowest BCUT2D eigenvalue weighted by atomic mass is 10.2. The van der Waals surface area contributed by atoms with Crippen molar-refractivity contribution >= 4 is 21.6 Å². The second kappa shape index (κ2) is 5.03. The number of nitrogens with two attached hydrogens (primary N) is 1. The fourth-order valence-electron chi connectivity index (χ4n) is 1.88. The normalized spacial score (nSPS) is 12.7. The van der Waals surface area contributed by atoms with E-state index in [-0.39, 0.29) is 6.04 Å². The first kappa shape index (κ1) is 12.2. The number of benzene rings is 1. The molecule has 2 heterocycles. The van der Waals surface area contributed by atoms with Gasteiger partial charge in [-0.25, -0.2) is 15.0 Å². The summed E-state index contributed by atoms with van der Waals surface area (Å²) in [6.07, 6.45) is 4.25. The zero-order chi connectivity index (χ0) is 13.2. The predicted molar refractivity (Wildman–Crippen MR) is 77.0 cm³/mol. The van der Waals surface area contributed by atoms with Gasteiger partial charge in [0.05, 0.1) is 21.3 Å². The zero-order valence-electron chi connectivity index (χ0n) is 10.6. The summed E-state index contributed by atoms with van der Waals surface area (Å²) >= 11 is 1.68. The molecule has 5 heteroatoms. The number of hydrogen-bond acceptors (Lipinski definition) is 5. The first-order valence-electron chi connectivity index (χ1n) is 6.11. The third-order valence-electron chi connectivity index (χ3n) is 2.87. The van der Waals surface area contributed by atoms with E-state index in [1.54, 1.807) is 23.7 Å². The minimum atomic E-state index is -0.207. The lowest BCUT2D eigenvalue weighted by Gasteiger charge is -2.07. The quantitative estimate of drug-likeness (QED) is 0.794. The zero-order valence-corrected chi connectivity index (χ0v) is 11.4. The van der Waals surface area contributed by atoms with Gasteiger partial charge in [-0.1, -0.05) is 12.1 Å². The summed E-state index contributed by atoms with van der Waals surface area (Å²) in [5.74, 6) is 0.671. The molecule has 0 aliphatic rings. The van der Waals surface area contributed by atoms with Crippen LogP contribution in [0.3, 0.4) is 0 Å². The van der Waals surface area contributed by atoms with Crippen molar-refractivity contribution in [2.24, 2.45) is 5.73 Å². The van der Waals surface area contributed by atoms with Crippen molar-refractivity contribution in [2.45, 2.75) is 19.4 Å². The number of para-hydroxylation sites is 1. The Balaban J connectivity index is 1.82. The van der Waals surface area contributed by atoms with Gasteiger partial charge in [0.1, 0.15) is 5.82 Å². The summed E-state index contributed by atoms with van der Waals surface area (Å²) in [4.78, 5) is 13.1. The van der Waals surface area contributed by atoms with Gasteiger partial charge >= 0.3 is 0 Å². The van der Waals surface area contributed by atoms with Crippen molar-refractivity contribution in [3.05, 3.63) is 53.1 Å². The lowest BCUT2D eigenvalue weighted by Crippen LogP contribution is -2.16. The van der Waals surface area contributed by atoms with E-state index < -0.39 is 0 Å². The van der Waals surface area contributed by atoms with Crippen molar-refractivity contribution in [1.29, 1.82) is 0 Å². The van der Waals surface area contributed by atoms with Crippen molar-refractivity contribution in [3.8, 4) is 0 Å². The van der Waals surface area contributed by atoms with E-state index in [2.05, 4.69) is 21.0 Å². The third kappa shape index (κ3) is 2.62. The van der Waals surface area contributed by atoms with Crippen LogP contribution in [0.4, 0.5) is 0 Å². The van der Waals surface area contributed by atoms with Crippen LogP contribution in [0.25, 0.3) is 10.2 Å². The highest BCUT2D eigenvalue weighted by molar-refractivity contribution is 7.18. The molecule has 96 valence electrons. The number of fused-ring (bicyclic) bond motifs is 1. The van der Waals surface area contributed by atoms with E-state index >= 15 is 0 Å². The number of aryl methyl sites for hydroxylation is 1. The fraction of sp³-hybridized carbons (Fsp3) is 0.214. The molecule has 1 aromatic carbocycles. The maximum atomic E-state index is 6.14. The molecule has 3 rings (SSSR count). The molecule has 0 saturated heterocycles. The maximum absolute atomic E-state index is 6.14. The number of rotatable bonds is 3. The Kier molecular flexibility index (Phi) is 3.23. The molecule has 0 aliphatic carbocycles. The number of hydrogen-bond donors (Lipinski definition) is 1. The van der Waals surface area contributed by atoms with Gasteiger partial charge in [0.2, 0.25) is 0 Å². The van der Waals surface area contributed by atoms with Gasteiger partial charge in [-0.05, 0) is 24.6 Å². The summed E-state index contributed by atoms with van der Waals surface area (Å²) in [7, 11) is 0. The highest BCUT2D eigenvalue weighted by atomic mass is 32.1. The highest BCUT2D eigenvalue weighted by Gasteiger charge is 2.13. The van der Waals surface area contributed by atoms with Gasteiger partial charge in [-0.2, -0.15) is 0 Å². The van der Waals surface area contributed by atoms with Gasteiger partial charge < -0.3 is 5.73 Å². The first-order valence-corrected chi connectivity index (χ1v) is 6.92. The predicted octanol–water partition coefficient (Wildman–Crippen LogP) is 2.64. The molecule has 1 atom stereocenters. The standard InChI is InChI=1S/C14H14N4S/c1-9-7-16-14(17-8-9)10(15)6-13-18-11-4-2-3-5-12(11)19-13/h2-5,7-8,10H,6,15H2,1H3. The molecule has 0 amide bonds. The summed E-state index contributed by atoms with van der Waals surface area (Å²) in [5.41, 5.74) is 8.21. The molecule has 4 nitrogen and oxygen atoms in total. The molecule has 3 aromatic rings. The van der Waals surface area contributed by atoms with Gasteiger partial charge in [0.25, 0.3) is 0 Å². The molecular formula is C14H14N4S. The van der Waals surface area contributed by atoms with Gasteiger partial charge in [0.15, 0.2) is 0 Å². The van der Waals surface area contributed by atoms with Crippen molar-refractivity contribution in [3.63, 3.8) is 0 Å². The van der Waals surface area contributed by atoms with E-state index in [0.717, 1.165) is 16.1 Å². The monoisotopic (exact) mass is 270 g/mol. The molecule has 0 spiro atoms. The molecule has 2 aromatic heterocycles. The summed E-state index contributed by atoms with van der Waals surface area (Å²) in [6.45, 7) is 1.96. The van der Waals surface area contributed by atoms with Crippen LogP contribution in [0.2, 0.25) is 0 Å². The Hall–Kier alpha value is -1.85. The van der Waals surface area contributed by atoms with Crippen LogP contribution in [0.1, 0.15) is 22.4 Å². The lowest BCUT2D eigenvalue weighted by molar-refractivity contribution is 0.664. The minimum Gasteiger partial charge on any atom is -0.321 e. The molecule has 1 unspecified atom stereocenters. The molecule has 0 bridgehead atoms. The number of nitrogens with zero attached hydrogens (tertiary/aromatic N) is 3. The molecule has 19 heavy (non-hydrogen) atoms. The summed E-state index contributed by atoms with van der Waals surface area (Å²) < 4.78 is 1.19. The smallest absolute Gasteiger partial charge is 0.145 e. The second-order valence-electron chi connectivity index (χ2n) is 4.50. The minimum absolute atomic E-state index is 0.207. The molecule has 2 N–H and O–H groups in total. The van der Waals surface area contributed by atoms with Crippen LogP contribution in [0.5, 0.6) is 0 Å². The maximum Gasteiger partial charge on any atom is 0.145 e. The van der Waals surface area contributed by atoms with Crippen LogP contribution in [-0.2, 0) is 6.42 Å². The Labute approximate surface area is 115 Å². The average Bonchev–Trinajstić information content (AvgIpc) is 2.81. The van der Waals surface area contributed by atoms with Gasteiger partial charge in [-0.15, -0.1) is 11.3 Å². The van der Waals surface area contributed by atoms with Crippen LogP contribution in [0, 0.1) is 6.92 Å². The van der Waals surface area contributed by atoms with E-state index in [1.807, 2.05) is 25.1 Å². The third-order valence-corrected chi connectivity index (χ3v) is 3.92. The molecule has 0 radical (unpaired) electrons. The topological polar surface area (TPSA) is 64.7 Å². The number of thiazole rings is 1. The van der Waals surface area contributed by atoms with Gasteiger partial charge in [0, 0.05) is 18.8 Å². The first-order chi connectivity index (χ1) is 9.22. The van der Waals surface area contributed by atoms with Crippen LogP contribution in [-0.4, -0.2) is 15.0 Å². The van der Waals surface area contributed by atoms with Crippen molar-refractivity contribution in [1.82, 2.24) is 15.0 Å².